The Bertz CT molecular complexity index is 915. The zero-order chi connectivity index (χ0) is 17.9. The largest absolute Gasteiger partial charge is 0.493 e. The summed E-state index contributed by atoms with van der Waals surface area (Å²) >= 11 is 0. The molecule has 3 aromatic rings. The molecule has 134 valence electrons. The fourth-order valence-electron chi connectivity index (χ4n) is 3.65. The van der Waals surface area contributed by atoms with Crippen molar-refractivity contribution in [3.05, 3.63) is 66.0 Å². The number of ether oxygens (including phenoxy) is 1. The minimum absolute atomic E-state index is 0.0172. The molecule has 1 unspecified atom stereocenters. The van der Waals surface area contributed by atoms with Crippen LogP contribution < -0.4 is 4.74 Å². The van der Waals surface area contributed by atoms with E-state index in [1.807, 2.05) is 30.3 Å². The van der Waals surface area contributed by atoms with E-state index in [9.17, 15) is 9.50 Å². The quantitative estimate of drug-likeness (QED) is 0.744. The van der Waals surface area contributed by atoms with E-state index in [0.29, 0.717) is 6.61 Å². The number of hydrogen-bond donors (Lipinski definition) is 1. The van der Waals surface area contributed by atoms with Crippen molar-refractivity contribution < 1.29 is 14.2 Å². The summed E-state index contributed by atoms with van der Waals surface area (Å²) in [6.45, 7) is 2.38. The van der Waals surface area contributed by atoms with E-state index in [4.69, 9.17) is 4.74 Å². The highest BCUT2D eigenvalue weighted by Crippen LogP contribution is 2.31. The average Bonchev–Trinajstić information content (AvgIpc) is 3.10. The van der Waals surface area contributed by atoms with Gasteiger partial charge in [-0.3, -0.25) is 4.90 Å². The first-order valence-electron chi connectivity index (χ1n) is 8.91. The van der Waals surface area contributed by atoms with Gasteiger partial charge in [-0.05, 0) is 61.3 Å². The predicted molar refractivity (Wildman–Crippen MR) is 98.9 cm³/mol. The van der Waals surface area contributed by atoms with Gasteiger partial charge in [0.25, 0.3) is 0 Å². The molecule has 1 fully saturated rings. The molecular weight excluding hydrogens is 331 g/mol. The zero-order valence-corrected chi connectivity index (χ0v) is 14.4. The van der Waals surface area contributed by atoms with Crippen LogP contribution >= 0.6 is 0 Å². The molecule has 4 nitrogen and oxygen atoms in total. The summed E-state index contributed by atoms with van der Waals surface area (Å²) in [6.07, 6.45) is 2.17. The smallest absolute Gasteiger partial charge is 0.211 e. The summed E-state index contributed by atoms with van der Waals surface area (Å²) in [5, 5.41) is 10.4. The SMILES string of the molecule is Oc1ccc2cc(OCCN3CCCC3c3cccc(F)c3)ccc2n1. The van der Waals surface area contributed by atoms with Crippen molar-refractivity contribution in [2.24, 2.45) is 0 Å². The van der Waals surface area contributed by atoms with Crippen LogP contribution in [0.5, 0.6) is 11.6 Å². The maximum atomic E-state index is 13.5. The third-order valence-corrected chi connectivity index (χ3v) is 4.89. The first kappa shape index (κ1) is 16.8. The first-order valence-corrected chi connectivity index (χ1v) is 8.91. The molecule has 1 saturated heterocycles. The van der Waals surface area contributed by atoms with Gasteiger partial charge in [0.2, 0.25) is 5.88 Å². The van der Waals surface area contributed by atoms with E-state index in [-0.39, 0.29) is 17.7 Å². The summed E-state index contributed by atoms with van der Waals surface area (Å²) in [5.41, 5.74) is 1.78. The number of hydrogen-bond acceptors (Lipinski definition) is 4. The molecule has 26 heavy (non-hydrogen) atoms. The maximum absolute atomic E-state index is 13.5. The molecule has 0 amide bonds. The van der Waals surface area contributed by atoms with Gasteiger partial charge in [0, 0.05) is 24.0 Å². The number of pyridine rings is 1. The van der Waals surface area contributed by atoms with Gasteiger partial charge in [0.1, 0.15) is 18.2 Å². The molecular formula is C21H21FN2O2. The van der Waals surface area contributed by atoms with Gasteiger partial charge in [0.05, 0.1) is 5.52 Å². The highest BCUT2D eigenvalue weighted by atomic mass is 19.1. The van der Waals surface area contributed by atoms with Crippen molar-refractivity contribution in [2.45, 2.75) is 18.9 Å². The van der Waals surface area contributed by atoms with E-state index in [1.165, 1.54) is 6.07 Å². The second kappa shape index (κ2) is 7.30. The summed E-state index contributed by atoms with van der Waals surface area (Å²) in [6, 6.07) is 16.2. The minimum Gasteiger partial charge on any atom is -0.493 e. The third-order valence-electron chi connectivity index (χ3n) is 4.89. The number of aromatic hydroxyl groups is 1. The van der Waals surface area contributed by atoms with Crippen LogP contribution in [0.25, 0.3) is 10.9 Å². The van der Waals surface area contributed by atoms with E-state index in [2.05, 4.69) is 9.88 Å². The van der Waals surface area contributed by atoms with E-state index >= 15 is 0 Å². The molecule has 2 aromatic carbocycles. The fourth-order valence-corrected chi connectivity index (χ4v) is 3.65. The van der Waals surface area contributed by atoms with Crippen molar-refractivity contribution in [3.63, 3.8) is 0 Å². The van der Waals surface area contributed by atoms with Gasteiger partial charge >= 0.3 is 0 Å². The Hall–Kier alpha value is -2.66. The highest BCUT2D eigenvalue weighted by Gasteiger charge is 2.25. The summed E-state index contributed by atoms with van der Waals surface area (Å²) in [7, 11) is 0. The van der Waals surface area contributed by atoms with Crippen molar-refractivity contribution >= 4 is 10.9 Å². The third kappa shape index (κ3) is 3.63. The van der Waals surface area contributed by atoms with Gasteiger partial charge in [-0.15, -0.1) is 0 Å². The lowest BCUT2D eigenvalue weighted by atomic mass is 10.0. The first-order chi connectivity index (χ1) is 12.7. The molecule has 2 heterocycles. The van der Waals surface area contributed by atoms with Crippen LogP contribution in [0, 0.1) is 5.82 Å². The van der Waals surface area contributed by atoms with Crippen molar-refractivity contribution in [3.8, 4) is 11.6 Å². The molecule has 0 saturated carbocycles. The minimum atomic E-state index is -0.179. The number of nitrogens with zero attached hydrogens (tertiary/aromatic N) is 2. The molecule has 1 aliphatic heterocycles. The summed E-state index contributed by atoms with van der Waals surface area (Å²) in [5.74, 6) is 0.622. The Labute approximate surface area is 151 Å². The lowest BCUT2D eigenvalue weighted by molar-refractivity contribution is 0.197. The zero-order valence-electron chi connectivity index (χ0n) is 14.4. The predicted octanol–water partition coefficient (Wildman–Crippen LogP) is 4.30. The van der Waals surface area contributed by atoms with Gasteiger partial charge in [-0.25, -0.2) is 9.37 Å². The molecule has 1 atom stereocenters. The van der Waals surface area contributed by atoms with Gasteiger partial charge < -0.3 is 9.84 Å². The van der Waals surface area contributed by atoms with Crippen molar-refractivity contribution in [2.75, 3.05) is 19.7 Å². The summed E-state index contributed by atoms with van der Waals surface area (Å²) in [4.78, 5) is 6.43. The standard InChI is InChI=1S/C21H21FN2O2/c22-17-4-1-3-16(13-17)20-5-2-10-24(20)11-12-26-18-7-8-19-15(14-18)6-9-21(25)23-19/h1,3-4,6-9,13-14,20H,2,5,10-12H2,(H,23,25). The Morgan fingerprint density at radius 2 is 2.08 bits per heavy atom. The number of fused-ring (bicyclic) bond motifs is 1. The van der Waals surface area contributed by atoms with Crippen LogP contribution in [0.2, 0.25) is 0 Å². The average molecular weight is 352 g/mol. The fraction of sp³-hybridized carbons (Fsp3) is 0.286. The van der Waals surface area contributed by atoms with Crippen LogP contribution in [0.15, 0.2) is 54.6 Å². The molecule has 0 aliphatic carbocycles. The second-order valence-corrected chi connectivity index (χ2v) is 6.62. The molecule has 0 bridgehead atoms. The number of likely N-dealkylation sites (tertiary alicyclic amines) is 1. The van der Waals surface area contributed by atoms with Crippen LogP contribution in [0.1, 0.15) is 24.4 Å². The van der Waals surface area contributed by atoms with Gasteiger partial charge in [-0.1, -0.05) is 12.1 Å². The Morgan fingerprint density at radius 1 is 1.15 bits per heavy atom. The summed E-state index contributed by atoms with van der Waals surface area (Å²) < 4.78 is 19.4. The van der Waals surface area contributed by atoms with Crippen LogP contribution in [-0.4, -0.2) is 34.7 Å². The lowest BCUT2D eigenvalue weighted by Crippen LogP contribution is -2.28. The molecule has 1 aliphatic rings. The normalized spacial score (nSPS) is 17.7. The Morgan fingerprint density at radius 3 is 2.96 bits per heavy atom. The number of aromatic nitrogens is 1. The highest BCUT2D eigenvalue weighted by molar-refractivity contribution is 5.80. The van der Waals surface area contributed by atoms with E-state index in [1.54, 1.807) is 18.2 Å². The monoisotopic (exact) mass is 352 g/mol. The van der Waals surface area contributed by atoms with Crippen LogP contribution in [0.3, 0.4) is 0 Å². The van der Waals surface area contributed by atoms with E-state index < -0.39 is 0 Å². The van der Waals surface area contributed by atoms with Crippen LogP contribution in [0.4, 0.5) is 4.39 Å². The van der Waals surface area contributed by atoms with Crippen molar-refractivity contribution in [1.82, 2.24) is 9.88 Å². The van der Waals surface area contributed by atoms with E-state index in [0.717, 1.165) is 48.1 Å². The maximum Gasteiger partial charge on any atom is 0.211 e. The lowest BCUT2D eigenvalue weighted by Gasteiger charge is -2.24. The molecule has 0 radical (unpaired) electrons. The van der Waals surface area contributed by atoms with Crippen molar-refractivity contribution in [1.29, 1.82) is 0 Å². The molecule has 1 aromatic heterocycles. The second-order valence-electron chi connectivity index (χ2n) is 6.62. The molecule has 4 rings (SSSR count). The Balaban J connectivity index is 1.38. The molecule has 0 spiro atoms. The number of rotatable bonds is 5. The molecule has 5 heteroatoms. The Kier molecular flexibility index (Phi) is 4.71. The van der Waals surface area contributed by atoms with Crippen LogP contribution in [-0.2, 0) is 0 Å². The van der Waals surface area contributed by atoms with Gasteiger partial charge in [-0.2, -0.15) is 0 Å². The topological polar surface area (TPSA) is 45.6 Å². The number of benzene rings is 2. The number of halogens is 1. The van der Waals surface area contributed by atoms with Gasteiger partial charge in [0.15, 0.2) is 0 Å². The molecule has 1 N–H and O–H groups in total.